The van der Waals surface area contributed by atoms with E-state index < -0.39 is 11.2 Å². The van der Waals surface area contributed by atoms with Crippen LogP contribution in [0.3, 0.4) is 0 Å². The molecule has 1 aromatic rings. The van der Waals surface area contributed by atoms with Crippen LogP contribution in [-0.4, -0.2) is 27.9 Å². The van der Waals surface area contributed by atoms with E-state index >= 15 is 0 Å². The summed E-state index contributed by atoms with van der Waals surface area (Å²) in [5.41, 5.74) is -0.407. The van der Waals surface area contributed by atoms with Crippen LogP contribution in [0.5, 0.6) is 0 Å². The average Bonchev–Trinajstić information content (AvgIpc) is 2.09. The van der Waals surface area contributed by atoms with Crippen molar-refractivity contribution in [3.63, 3.8) is 0 Å². The number of ether oxygens (including phenoxy) is 1. The van der Waals surface area contributed by atoms with E-state index in [4.69, 9.17) is 9.84 Å². The number of nitrogens with zero attached hydrogens (tertiary/aromatic N) is 1. The molecule has 6 nitrogen and oxygen atoms in total. The van der Waals surface area contributed by atoms with Gasteiger partial charge in [0.1, 0.15) is 6.73 Å². The molecule has 0 aliphatic rings. The van der Waals surface area contributed by atoms with Gasteiger partial charge in [0.15, 0.2) is 0 Å². The van der Waals surface area contributed by atoms with Crippen molar-refractivity contribution in [2.45, 2.75) is 13.7 Å². The van der Waals surface area contributed by atoms with Gasteiger partial charge >= 0.3 is 5.69 Å². The van der Waals surface area contributed by atoms with E-state index in [9.17, 15) is 9.59 Å². The van der Waals surface area contributed by atoms with Crippen LogP contribution in [0.1, 0.15) is 5.69 Å². The van der Waals surface area contributed by atoms with E-state index in [2.05, 4.69) is 4.98 Å². The standard InChI is InChI=1S/C8H12N2O4/c1-6-4-7(12)9-8(13)10(6)5-14-3-2-11/h4,11H,2-3,5H2,1H3,(H,9,12,13). The molecule has 0 spiro atoms. The third kappa shape index (κ3) is 2.54. The smallest absolute Gasteiger partial charge is 0.330 e. The summed E-state index contributed by atoms with van der Waals surface area (Å²) in [4.78, 5) is 24.2. The SMILES string of the molecule is Cc1cc(=O)[nH]c(=O)n1COCCO. The normalized spacial score (nSPS) is 10.4. The summed E-state index contributed by atoms with van der Waals surface area (Å²) in [5.74, 6) is 0. The molecule has 14 heavy (non-hydrogen) atoms. The highest BCUT2D eigenvalue weighted by atomic mass is 16.5. The summed E-state index contributed by atoms with van der Waals surface area (Å²) in [6.45, 7) is 1.73. The Morgan fingerprint density at radius 3 is 2.86 bits per heavy atom. The molecule has 6 heteroatoms. The first-order valence-corrected chi connectivity index (χ1v) is 4.14. The van der Waals surface area contributed by atoms with E-state index in [1.165, 1.54) is 10.6 Å². The summed E-state index contributed by atoms with van der Waals surface area (Å²) in [7, 11) is 0. The maximum absolute atomic E-state index is 11.2. The molecule has 0 unspecified atom stereocenters. The fourth-order valence-corrected chi connectivity index (χ4v) is 1.02. The van der Waals surface area contributed by atoms with Crippen molar-refractivity contribution in [3.8, 4) is 0 Å². The van der Waals surface area contributed by atoms with Gasteiger partial charge in [-0.2, -0.15) is 0 Å². The predicted molar refractivity (Wildman–Crippen MR) is 49.1 cm³/mol. The van der Waals surface area contributed by atoms with Crippen LogP contribution in [0, 0.1) is 6.92 Å². The topological polar surface area (TPSA) is 84.3 Å². The minimum Gasteiger partial charge on any atom is -0.394 e. The van der Waals surface area contributed by atoms with Gasteiger partial charge in [-0.3, -0.25) is 14.3 Å². The lowest BCUT2D eigenvalue weighted by Crippen LogP contribution is -2.32. The van der Waals surface area contributed by atoms with E-state index in [0.29, 0.717) is 5.69 Å². The molecule has 78 valence electrons. The highest BCUT2D eigenvalue weighted by molar-refractivity contribution is 4.97. The van der Waals surface area contributed by atoms with Gasteiger partial charge in [-0.15, -0.1) is 0 Å². The van der Waals surface area contributed by atoms with Crippen LogP contribution in [0.4, 0.5) is 0 Å². The van der Waals surface area contributed by atoms with Crippen LogP contribution >= 0.6 is 0 Å². The third-order valence-corrected chi connectivity index (χ3v) is 1.70. The molecular weight excluding hydrogens is 188 g/mol. The largest absolute Gasteiger partial charge is 0.394 e. The Morgan fingerprint density at radius 2 is 2.29 bits per heavy atom. The van der Waals surface area contributed by atoms with Crippen molar-refractivity contribution in [3.05, 3.63) is 32.6 Å². The van der Waals surface area contributed by atoms with Gasteiger partial charge in [0.25, 0.3) is 5.56 Å². The minimum atomic E-state index is -0.507. The van der Waals surface area contributed by atoms with Gasteiger partial charge in [0.2, 0.25) is 0 Å². The van der Waals surface area contributed by atoms with E-state index in [0.717, 1.165) is 0 Å². The van der Waals surface area contributed by atoms with Crippen LogP contribution in [0.25, 0.3) is 0 Å². The van der Waals surface area contributed by atoms with Crippen molar-refractivity contribution in [1.82, 2.24) is 9.55 Å². The average molecular weight is 200 g/mol. The Bertz CT molecular complexity index is 407. The molecular formula is C8H12N2O4. The summed E-state index contributed by atoms with van der Waals surface area (Å²) in [6.07, 6.45) is 0. The molecule has 0 aromatic carbocycles. The van der Waals surface area contributed by atoms with Crippen molar-refractivity contribution >= 4 is 0 Å². The third-order valence-electron chi connectivity index (χ3n) is 1.70. The molecule has 1 aromatic heterocycles. The molecule has 0 saturated carbocycles. The lowest BCUT2D eigenvalue weighted by Gasteiger charge is -2.08. The second-order valence-electron chi connectivity index (χ2n) is 2.77. The Balaban J connectivity index is 2.86. The number of aryl methyl sites for hydroxylation is 1. The molecule has 0 saturated heterocycles. The zero-order valence-electron chi connectivity index (χ0n) is 7.82. The highest BCUT2D eigenvalue weighted by Crippen LogP contribution is 1.89. The number of aromatic amines is 1. The Hall–Kier alpha value is -1.40. The molecule has 0 radical (unpaired) electrons. The van der Waals surface area contributed by atoms with E-state index in [-0.39, 0.29) is 19.9 Å². The molecule has 1 rings (SSSR count). The number of hydrogen-bond donors (Lipinski definition) is 2. The molecule has 0 atom stereocenters. The maximum atomic E-state index is 11.2. The second-order valence-corrected chi connectivity index (χ2v) is 2.77. The quantitative estimate of drug-likeness (QED) is 0.599. The highest BCUT2D eigenvalue weighted by Gasteiger charge is 2.00. The van der Waals surface area contributed by atoms with Gasteiger partial charge in [0, 0.05) is 11.8 Å². The van der Waals surface area contributed by atoms with Crippen molar-refractivity contribution in [2.24, 2.45) is 0 Å². The Morgan fingerprint density at radius 1 is 1.57 bits per heavy atom. The summed E-state index contributed by atoms with van der Waals surface area (Å²) >= 11 is 0. The zero-order chi connectivity index (χ0) is 10.6. The lowest BCUT2D eigenvalue weighted by molar-refractivity contribution is 0.0446. The number of nitrogens with one attached hydrogen (secondary N) is 1. The fourth-order valence-electron chi connectivity index (χ4n) is 1.02. The van der Waals surface area contributed by atoms with Gasteiger partial charge in [-0.05, 0) is 6.92 Å². The number of H-pyrrole nitrogens is 1. The molecule has 1 heterocycles. The summed E-state index contributed by atoms with van der Waals surface area (Å²) < 4.78 is 6.24. The molecule has 0 bridgehead atoms. The maximum Gasteiger partial charge on any atom is 0.330 e. The van der Waals surface area contributed by atoms with Gasteiger partial charge in [0.05, 0.1) is 13.2 Å². The van der Waals surface area contributed by atoms with Gasteiger partial charge < -0.3 is 9.84 Å². The molecule has 0 aliphatic carbocycles. The zero-order valence-corrected chi connectivity index (χ0v) is 7.82. The summed E-state index contributed by atoms with van der Waals surface area (Å²) in [6, 6.07) is 1.31. The van der Waals surface area contributed by atoms with E-state index in [1.54, 1.807) is 6.92 Å². The lowest BCUT2D eigenvalue weighted by atomic mass is 10.4. The Kier molecular flexibility index (Phi) is 3.61. The van der Waals surface area contributed by atoms with E-state index in [1.807, 2.05) is 0 Å². The fraction of sp³-hybridized carbons (Fsp3) is 0.500. The summed E-state index contributed by atoms with van der Waals surface area (Å²) in [5, 5.41) is 8.46. The van der Waals surface area contributed by atoms with Crippen LogP contribution in [0.2, 0.25) is 0 Å². The molecule has 0 amide bonds. The molecule has 0 fully saturated rings. The Labute approximate surface area is 79.8 Å². The number of aromatic nitrogens is 2. The first-order valence-electron chi connectivity index (χ1n) is 4.14. The first kappa shape index (κ1) is 10.7. The van der Waals surface area contributed by atoms with Crippen molar-refractivity contribution < 1.29 is 9.84 Å². The minimum absolute atomic E-state index is 0.0298. The number of aliphatic hydroxyl groups is 1. The van der Waals surface area contributed by atoms with Gasteiger partial charge in [-0.1, -0.05) is 0 Å². The number of hydrogen-bond acceptors (Lipinski definition) is 4. The van der Waals surface area contributed by atoms with Crippen molar-refractivity contribution in [2.75, 3.05) is 13.2 Å². The first-order chi connectivity index (χ1) is 6.65. The molecule has 0 aliphatic heterocycles. The van der Waals surface area contributed by atoms with Crippen molar-refractivity contribution in [1.29, 1.82) is 0 Å². The second kappa shape index (κ2) is 4.73. The molecule has 2 N–H and O–H groups in total. The predicted octanol–water partition coefficient (Wildman–Crippen LogP) is -1.19. The van der Waals surface area contributed by atoms with Crippen LogP contribution in [-0.2, 0) is 11.5 Å². The van der Waals surface area contributed by atoms with Crippen LogP contribution < -0.4 is 11.2 Å². The monoisotopic (exact) mass is 200 g/mol. The number of rotatable bonds is 4. The number of aliphatic hydroxyl groups excluding tert-OH is 1. The van der Waals surface area contributed by atoms with Crippen LogP contribution in [0.15, 0.2) is 15.7 Å². The van der Waals surface area contributed by atoms with Gasteiger partial charge in [-0.25, -0.2) is 4.79 Å².